The van der Waals surface area contributed by atoms with Crippen molar-refractivity contribution >= 4 is 5.91 Å². The van der Waals surface area contributed by atoms with Crippen LogP contribution in [-0.4, -0.2) is 17.1 Å². The SMILES string of the molecule is C#CC(CC)NC(=O)c1ccc(O)cc1. The third kappa shape index (κ3) is 3.03. The molecule has 2 N–H and O–H groups in total. The Hall–Kier alpha value is -1.95. The summed E-state index contributed by atoms with van der Waals surface area (Å²) in [5, 5.41) is 11.7. The van der Waals surface area contributed by atoms with Crippen LogP contribution in [0.25, 0.3) is 0 Å². The number of rotatable bonds is 3. The van der Waals surface area contributed by atoms with Gasteiger partial charge in [0, 0.05) is 5.56 Å². The van der Waals surface area contributed by atoms with E-state index >= 15 is 0 Å². The molecule has 1 atom stereocenters. The molecule has 0 heterocycles. The topological polar surface area (TPSA) is 49.3 Å². The number of amides is 1. The summed E-state index contributed by atoms with van der Waals surface area (Å²) in [4.78, 5) is 11.6. The van der Waals surface area contributed by atoms with Gasteiger partial charge in [0.2, 0.25) is 0 Å². The van der Waals surface area contributed by atoms with Crippen LogP contribution in [0.5, 0.6) is 5.75 Å². The summed E-state index contributed by atoms with van der Waals surface area (Å²) in [6.45, 7) is 1.90. The van der Waals surface area contributed by atoms with Gasteiger partial charge in [0.15, 0.2) is 0 Å². The number of hydrogen-bond donors (Lipinski definition) is 2. The van der Waals surface area contributed by atoms with Crippen LogP contribution in [0.3, 0.4) is 0 Å². The second kappa shape index (κ2) is 5.06. The van der Waals surface area contributed by atoms with Crippen LogP contribution in [0.2, 0.25) is 0 Å². The van der Waals surface area contributed by atoms with Crippen molar-refractivity contribution in [1.82, 2.24) is 5.32 Å². The van der Waals surface area contributed by atoms with Crippen molar-refractivity contribution in [2.24, 2.45) is 0 Å². The van der Waals surface area contributed by atoms with Crippen molar-refractivity contribution in [3.05, 3.63) is 29.8 Å². The Morgan fingerprint density at radius 1 is 1.53 bits per heavy atom. The van der Waals surface area contributed by atoms with Gasteiger partial charge in [-0.2, -0.15) is 0 Å². The van der Waals surface area contributed by atoms with Gasteiger partial charge in [-0.25, -0.2) is 0 Å². The Morgan fingerprint density at radius 3 is 2.60 bits per heavy atom. The fourth-order valence-electron chi connectivity index (χ4n) is 1.12. The van der Waals surface area contributed by atoms with Gasteiger partial charge >= 0.3 is 0 Å². The number of hydrogen-bond acceptors (Lipinski definition) is 2. The van der Waals surface area contributed by atoms with Crippen LogP contribution >= 0.6 is 0 Å². The Labute approximate surface area is 89.1 Å². The first-order valence-electron chi connectivity index (χ1n) is 4.73. The Balaban J connectivity index is 2.70. The molecule has 0 fully saturated rings. The second-order valence-corrected chi connectivity index (χ2v) is 3.15. The maximum Gasteiger partial charge on any atom is 0.252 e. The molecule has 0 aliphatic rings. The Kier molecular flexibility index (Phi) is 3.75. The zero-order valence-electron chi connectivity index (χ0n) is 8.53. The molecule has 3 heteroatoms. The fraction of sp³-hybridized carbons (Fsp3) is 0.250. The normalized spacial score (nSPS) is 11.5. The fourth-order valence-corrected chi connectivity index (χ4v) is 1.12. The first kappa shape index (κ1) is 11.1. The van der Waals surface area contributed by atoms with Crippen LogP contribution in [0.1, 0.15) is 23.7 Å². The van der Waals surface area contributed by atoms with Crippen LogP contribution in [0.15, 0.2) is 24.3 Å². The average Bonchev–Trinajstić information content (AvgIpc) is 2.26. The van der Waals surface area contributed by atoms with Crippen molar-refractivity contribution < 1.29 is 9.90 Å². The smallest absolute Gasteiger partial charge is 0.252 e. The zero-order chi connectivity index (χ0) is 11.3. The van der Waals surface area contributed by atoms with Crippen LogP contribution in [-0.2, 0) is 0 Å². The molecular formula is C12H13NO2. The van der Waals surface area contributed by atoms with Crippen LogP contribution < -0.4 is 5.32 Å². The highest BCUT2D eigenvalue weighted by Gasteiger charge is 2.09. The second-order valence-electron chi connectivity index (χ2n) is 3.15. The van der Waals surface area contributed by atoms with Crippen LogP contribution in [0.4, 0.5) is 0 Å². The molecule has 1 rings (SSSR count). The number of aromatic hydroxyl groups is 1. The molecule has 0 bridgehead atoms. The summed E-state index contributed by atoms with van der Waals surface area (Å²) in [5.41, 5.74) is 0.488. The van der Waals surface area contributed by atoms with Gasteiger partial charge in [-0.3, -0.25) is 4.79 Å². The number of carbonyl (C=O) groups excluding carboxylic acids is 1. The molecule has 15 heavy (non-hydrogen) atoms. The van der Waals surface area contributed by atoms with E-state index in [2.05, 4.69) is 11.2 Å². The quantitative estimate of drug-likeness (QED) is 0.732. The lowest BCUT2D eigenvalue weighted by atomic mass is 10.1. The largest absolute Gasteiger partial charge is 0.508 e. The Morgan fingerprint density at radius 2 is 2.13 bits per heavy atom. The maximum atomic E-state index is 11.6. The summed E-state index contributed by atoms with van der Waals surface area (Å²) in [5.74, 6) is 2.39. The van der Waals surface area contributed by atoms with E-state index in [1.54, 1.807) is 12.1 Å². The molecule has 0 saturated carbocycles. The van der Waals surface area contributed by atoms with Gasteiger partial charge in [0.1, 0.15) is 5.75 Å². The van der Waals surface area contributed by atoms with E-state index in [0.29, 0.717) is 12.0 Å². The lowest BCUT2D eigenvalue weighted by Gasteiger charge is -2.10. The third-order valence-electron chi connectivity index (χ3n) is 2.04. The summed E-state index contributed by atoms with van der Waals surface area (Å²) in [6, 6.07) is 5.78. The lowest BCUT2D eigenvalue weighted by molar-refractivity contribution is 0.0945. The molecule has 0 aliphatic heterocycles. The van der Waals surface area contributed by atoms with Crippen molar-refractivity contribution in [3.63, 3.8) is 0 Å². The highest BCUT2D eigenvalue weighted by molar-refractivity contribution is 5.94. The molecule has 0 spiro atoms. The molecule has 78 valence electrons. The van der Waals surface area contributed by atoms with Gasteiger partial charge in [-0.1, -0.05) is 12.8 Å². The molecule has 1 unspecified atom stereocenters. The Bertz CT molecular complexity index is 376. The van der Waals surface area contributed by atoms with Crippen molar-refractivity contribution in [2.45, 2.75) is 19.4 Å². The summed E-state index contributed by atoms with van der Waals surface area (Å²) in [7, 11) is 0. The van der Waals surface area contributed by atoms with Gasteiger partial charge < -0.3 is 10.4 Å². The molecule has 0 aliphatic carbocycles. The predicted molar refractivity (Wildman–Crippen MR) is 58.5 cm³/mol. The van der Waals surface area contributed by atoms with Crippen molar-refractivity contribution in [3.8, 4) is 18.1 Å². The maximum absolute atomic E-state index is 11.6. The average molecular weight is 203 g/mol. The minimum absolute atomic E-state index is 0.135. The number of nitrogens with one attached hydrogen (secondary N) is 1. The molecular weight excluding hydrogens is 190 g/mol. The number of benzene rings is 1. The monoisotopic (exact) mass is 203 g/mol. The minimum atomic E-state index is -0.244. The van der Waals surface area contributed by atoms with Gasteiger partial charge in [0.05, 0.1) is 6.04 Å². The third-order valence-corrected chi connectivity index (χ3v) is 2.04. The van der Waals surface area contributed by atoms with E-state index < -0.39 is 0 Å². The molecule has 0 radical (unpaired) electrons. The van der Waals surface area contributed by atoms with E-state index in [1.165, 1.54) is 12.1 Å². The highest BCUT2D eigenvalue weighted by Crippen LogP contribution is 2.09. The molecule has 0 saturated heterocycles. The molecule has 1 amide bonds. The molecule has 1 aromatic rings. The summed E-state index contributed by atoms with van der Waals surface area (Å²) < 4.78 is 0. The van der Waals surface area contributed by atoms with Crippen molar-refractivity contribution in [2.75, 3.05) is 0 Å². The van der Waals surface area contributed by atoms with Crippen LogP contribution in [0, 0.1) is 12.3 Å². The van der Waals surface area contributed by atoms with E-state index in [-0.39, 0.29) is 17.7 Å². The highest BCUT2D eigenvalue weighted by atomic mass is 16.3. The summed E-state index contributed by atoms with van der Waals surface area (Å²) in [6.07, 6.45) is 5.92. The molecule has 1 aromatic carbocycles. The van der Waals surface area contributed by atoms with E-state index in [4.69, 9.17) is 11.5 Å². The lowest BCUT2D eigenvalue weighted by Crippen LogP contribution is -2.33. The first-order valence-corrected chi connectivity index (χ1v) is 4.73. The number of carbonyl (C=O) groups is 1. The molecule has 3 nitrogen and oxygen atoms in total. The van der Waals surface area contributed by atoms with Gasteiger partial charge in [-0.15, -0.1) is 6.42 Å². The van der Waals surface area contributed by atoms with Gasteiger partial charge in [0.25, 0.3) is 5.91 Å². The van der Waals surface area contributed by atoms with Crippen molar-refractivity contribution in [1.29, 1.82) is 0 Å². The van der Waals surface area contributed by atoms with E-state index in [0.717, 1.165) is 0 Å². The van der Waals surface area contributed by atoms with E-state index in [9.17, 15) is 4.79 Å². The first-order chi connectivity index (χ1) is 7.17. The van der Waals surface area contributed by atoms with E-state index in [1.807, 2.05) is 6.92 Å². The standard InChI is InChI=1S/C12H13NO2/c1-3-10(4-2)13-12(15)9-5-7-11(14)8-6-9/h1,5-8,10,14H,4H2,2H3,(H,13,15). The number of terminal acetylenes is 1. The zero-order valence-corrected chi connectivity index (χ0v) is 8.53. The number of phenols is 1. The predicted octanol–water partition coefficient (Wildman–Crippen LogP) is 1.53. The number of phenolic OH excluding ortho intramolecular Hbond substituents is 1. The summed E-state index contributed by atoms with van der Waals surface area (Å²) >= 11 is 0. The molecule has 0 aromatic heterocycles. The van der Waals surface area contributed by atoms with Gasteiger partial charge in [-0.05, 0) is 30.7 Å². The minimum Gasteiger partial charge on any atom is -0.508 e.